The molecular formula is C23H18ClN3O3S. The number of rotatable bonds is 4. The minimum atomic E-state index is -0.541. The van der Waals surface area contributed by atoms with E-state index in [9.17, 15) is 9.59 Å². The van der Waals surface area contributed by atoms with Crippen LogP contribution < -0.4 is 4.90 Å². The van der Waals surface area contributed by atoms with Crippen LogP contribution in [0.1, 0.15) is 29.3 Å². The van der Waals surface area contributed by atoms with Gasteiger partial charge in [0.15, 0.2) is 10.8 Å². The Morgan fingerprint density at radius 2 is 1.97 bits per heavy atom. The van der Waals surface area contributed by atoms with Crippen molar-refractivity contribution in [3.8, 4) is 0 Å². The number of thiazole rings is 1. The molecule has 0 saturated heterocycles. The monoisotopic (exact) mass is 451 g/mol. The van der Waals surface area contributed by atoms with Gasteiger partial charge in [0.1, 0.15) is 0 Å². The lowest BCUT2D eigenvalue weighted by molar-refractivity contribution is -0.130. The normalized spacial score (nSPS) is 14.5. The third-order valence-corrected chi connectivity index (χ3v) is 5.82. The first kappa shape index (κ1) is 21.0. The van der Waals surface area contributed by atoms with Crippen molar-refractivity contribution in [3.63, 3.8) is 0 Å². The molecule has 6 nitrogen and oxygen atoms in total. The molecule has 0 N–H and O–H groups in total. The number of carbonyl (C=O) groups is 2. The number of aryl methyl sites for hydroxylation is 2. The van der Waals surface area contributed by atoms with Crippen LogP contribution in [0.15, 0.2) is 58.5 Å². The van der Waals surface area contributed by atoms with Crippen molar-refractivity contribution in [1.82, 2.24) is 4.98 Å². The Morgan fingerprint density at radius 3 is 2.68 bits per heavy atom. The van der Waals surface area contributed by atoms with Gasteiger partial charge in [0.05, 0.1) is 11.4 Å². The third kappa shape index (κ3) is 4.42. The molecule has 2 aromatic carbocycles. The van der Waals surface area contributed by atoms with E-state index in [1.54, 1.807) is 35.7 Å². The standard InChI is InChI=1S/C23H18ClN3O3S/c1-13-7-8-16(9-14(13)2)21-26-20(22(29)30-21)11-18-12-31-23(25-18)27(15(3)28)19-6-4-5-17(24)10-19/h4-12H,1-3H3/b20-11-. The summed E-state index contributed by atoms with van der Waals surface area (Å²) < 4.78 is 5.34. The second-order valence-corrected chi connectivity index (χ2v) is 8.30. The number of amides is 1. The predicted molar refractivity (Wildman–Crippen MR) is 123 cm³/mol. The molecule has 0 saturated carbocycles. The molecule has 156 valence electrons. The van der Waals surface area contributed by atoms with E-state index < -0.39 is 5.97 Å². The van der Waals surface area contributed by atoms with Gasteiger partial charge in [0.2, 0.25) is 11.8 Å². The molecule has 0 aliphatic carbocycles. The van der Waals surface area contributed by atoms with Crippen molar-refractivity contribution in [3.05, 3.63) is 80.9 Å². The van der Waals surface area contributed by atoms with E-state index >= 15 is 0 Å². The number of esters is 1. The third-order valence-electron chi connectivity index (χ3n) is 4.74. The van der Waals surface area contributed by atoms with Gasteiger partial charge in [0.25, 0.3) is 0 Å². The first-order valence-corrected chi connectivity index (χ1v) is 10.7. The number of benzene rings is 2. The van der Waals surface area contributed by atoms with Crippen LogP contribution in [0.25, 0.3) is 6.08 Å². The molecule has 4 rings (SSSR count). The Morgan fingerprint density at radius 1 is 1.16 bits per heavy atom. The lowest BCUT2D eigenvalue weighted by Gasteiger charge is -2.18. The van der Waals surface area contributed by atoms with Crippen LogP contribution in [0.3, 0.4) is 0 Å². The number of anilines is 2. The molecule has 0 fully saturated rings. The van der Waals surface area contributed by atoms with Gasteiger partial charge in [-0.05, 0) is 61.4 Å². The van der Waals surface area contributed by atoms with Crippen molar-refractivity contribution >= 4 is 57.6 Å². The van der Waals surface area contributed by atoms with Gasteiger partial charge in [-0.2, -0.15) is 0 Å². The molecule has 1 aromatic heterocycles. The van der Waals surface area contributed by atoms with Crippen molar-refractivity contribution in [1.29, 1.82) is 0 Å². The van der Waals surface area contributed by atoms with Crippen LogP contribution in [0.2, 0.25) is 5.02 Å². The highest BCUT2D eigenvalue weighted by molar-refractivity contribution is 7.14. The minimum absolute atomic E-state index is 0.155. The second-order valence-electron chi connectivity index (χ2n) is 7.02. The van der Waals surface area contributed by atoms with E-state index in [1.165, 1.54) is 23.2 Å². The van der Waals surface area contributed by atoms with Gasteiger partial charge < -0.3 is 4.74 Å². The van der Waals surface area contributed by atoms with Crippen LogP contribution in [0, 0.1) is 13.8 Å². The average molecular weight is 452 g/mol. The molecule has 8 heteroatoms. The number of aromatic nitrogens is 1. The fourth-order valence-electron chi connectivity index (χ4n) is 3.03. The lowest BCUT2D eigenvalue weighted by Crippen LogP contribution is -2.22. The number of carbonyl (C=O) groups excluding carboxylic acids is 2. The fraction of sp³-hybridized carbons (Fsp3) is 0.130. The highest BCUT2D eigenvalue weighted by Gasteiger charge is 2.25. The average Bonchev–Trinajstić information content (AvgIpc) is 3.31. The Balaban J connectivity index is 1.64. The second kappa shape index (κ2) is 8.45. The van der Waals surface area contributed by atoms with Crippen LogP contribution in [0.5, 0.6) is 0 Å². The van der Waals surface area contributed by atoms with Crippen LogP contribution in [0.4, 0.5) is 10.8 Å². The number of halogens is 1. The number of hydrogen-bond acceptors (Lipinski definition) is 6. The van der Waals surface area contributed by atoms with Crippen LogP contribution in [-0.2, 0) is 14.3 Å². The van der Waals surface area contributed by atoms with Gasteiger partial charge >= 0.3 is 5.97 Å². The summed E-state index contributed by atoms with van der Waals surface area (Å²) in [4.78, 5) is 34.9. The summed E-state index contributed by atoms with van der Waals surface area (Å²) in [6, 6.07) is 12.7. The van der Waals surface area contributed by atoms with Crippen LogP contribution in [-0.4, -0.2) is 22.8 Å². The molecule has 1 aliphatic heterocycles. The van der Waals surface area contributed by atoms with E-state index in [2.05, 4.69) is 9.98 Å². The Bertz CT molecular complexity index is 1260. The molecule has 2 heterocycles. The topological polar surface area (TPSA) is 71.9 Å². The first-order valence-electron chi connectivity index (χ1n) is 9.44. The van der Waals surface area contributed by atoms with Crippen LogP contribution >= 0.6 is 22.9 Å². The quantitative estimate of drug-likeness (QED) is 0.391. The summed E-state index contributed by atoms with van der Waals surface area (Å²) in [7, 11) is 0. The zero-order valence-electron chi connectivity index (χ0n) is 17.0. The number of ether oxygens (including phenoxy) is 1. The molecule has 0 radical (unpaired) electrons. The summed E-state index contributed by atoms with van der Waals surface area (Å²) in [6.07, 6.45) is 1.55. The number of aliphatic imine (C=N–C) groups is 1. The Labute approximate surface area is 188 Å². The predicted octanol–water partition coefficient (Wildman–Crippen LogP) is 5.44. The summed E-state index contributed by atoms with van der Waals surface area (Å²) in [5, 5.41) is 2.73. The minimum Gasteiger partial charge on any atom is -0.402 e. The van der Waals surface area contributed by atoms with E-state index in [4.69, 9.17) is 16.3 Å². The highest BCUT2D eigenvalue weighted by Crippen LogP contribution is 2.31. The Hall–Kier alpha value is -3.29. The fourth-order valence-corrected chi connectivity index (χ4v) is 4.06. The first-order chi connectivity index (χ1) is 14.8. The van der Waals surface area contributed by atoms with E-state index in [1.807, 2.05) is 32.0 Å². The number of hydrogen-bond donors (Lipinski definition) is 0. The molecule has 0 spiro atoms. The van der Waals surface area contributed by atoms with Gasteiger partial charge in [0, 0.05) is 22.9 Å². The summed E-state index contributed by atoms with van der Waals surface area (Å²) in [5.41, 5.74) is 4.25. The molecule has 1 aliphatic rings. The van der Waals surface area contributed by atoms with Gasteiger partial charge in [-0.15, -0.1) is 11.3 Å². The van der Waals surface area contributed by atoms with Gasteiger partial charge in [-0.1, -0.05) is 23.7 Å². The van der Waals surface area contributed by atoms with Crippen molar-refractivity contribution in [2.45, 2.75) is 20.8 Å². The summed E-state index contributed by atoms with van der Waals surface area (Å²) >= 11 is 7.35. The molecule has 0 unspecified atom stereocenters. The molecule has 3 aromatic rings. The molecule has 0 atom stereocenters. The lowest BCUT2D eigenvalue weighted by atomic mass is 10.1. The maximum atomic E-state index is 12.3. The zero-order valence-corrected chi connectivity index (χ0v) is 18.6. The maximum Gasteiger partial charge on any atom is 0.363 e. The van der Waals surface area contributed by atoms with E-state index in [0.717, 1.165) is 16.7 Å². The van der Waals surface area contributed by atoms with E-state index in [0.29, 0.717) is 21.5 Å². The molecule has 0 bridgehead atoms. The largest absolute Gasteiger partial charge is 0.402 e. The maximum absolute atomic E-state index is 12.3. The molecular weight excluding hydrogens is 434 g/mol. The zero-order chi connectivity index (χ0) is 22.1. The SMILES string of the molecule is CC(=O)N(c1cccc(Cl)c1)c1nc(/C=C2\N=C(c3ccc(C)c(C)c3)OC2=O)cs1. The summed E-state index contributed by atoms with van der Waals surface area (Å²) in [6.45, 7) is 5.46. The van der Waals surface area contributed by atoms with Gasteiger partial charge in [-0.25, -0.2) is 14.8 Å². The van der Waals surface area contributed by atoms with Gasteiger partial charge in [-0.3, -0.25) is 9.69 Å². The summed E-state index contributed by atoms with van der Waals surface area (Å²) in [5.74, 6) is -0.480. The molecule has 1 amide bonds. The van der Waals surface area contributed by atoms with Crippen molar-refractivity contribution in [2.24, 2.45) is 4.99 Å². The smallest absolute Gasteiger partial charge is 0.363 e. The Kier molecular flexibility index (Phi) is 5.71. The number of cyclic esters (lactones) is 1. The molecule has 31 heavy (non-hydrogen) atoms. The van der Waals surface area contributed by atoms with Crippen molar-refractivity contribution in [2.75, 3.05) is 4.90 Å². The highest BCUT2D eigenvalue weighted by atomic mass is 35.5. The van der Waals surface area contributed by atoms with E-state index in [-0.39, 0.29) is 17.5 Å². The number of nitrogens with zero attached hydrogens (tertiary/aromatic N) is 3. The van der Waals surface area contributed by atoms with Crippen molar-refractivity contribution < 1.29 is 14.3 Å².